The van der Waals surface area contributed by atoms with Crippen molar-refractivity contribution in [1.82, 2.24) is 14.9 Å². The molecule has 2 atom stereocenters. The zero-order valence-corrected chi connectivity index (χ0v) is 11.2. The van der Waals surface area contributed by atoms with Gasteiger partial charge in [0.05, 0.1) is 6.33 Å². The Morgan fingerprint density at radius 3 is 2.80 bits per heavy atom. The fourth-order valence-corrected chi connectivity index (χ4v) is 2.18. The van der Waals surface area contributed by atoms with Crippen LogP contribution in [0, 0.1) is 0 Å². The Morgan fingerprint density at radius 1 is 1.35 bits per heavy atom. The van der Waals surface area contributed by atoms with Crippen LogP contribution in [0.2, 0.25) is 0 Å². The number of nitrogens with zero attached hydrogens (tertiary/aromatic N) is 2. The number of hydrogen-bond donors (Lipinski definition) is 2. The third-order valence-electron chi connectivity index (χ3n) is 3.29. The van der Waals surface area contributed by atoms with E-state index < -0.39 is 18.2 Å². The second-order valence-electron chi connectivity index (χ2n) is 4.83. The molecule has 110 valence electrons. The molecule has 0 aliphatic carbocycles. The Hall–Kier alpha value is -1.89. The molecule has 0 saturated carbocycles. The predicted octanol–water partition coefficient (Wildman–Crippen LogP) is 0.412. The number of hydrogen-bond acceptors (Lipinski definition) is 4. The highest BCUT2D eigenvalue weighted by molar-refractivity contribution is 5.82. The van der Waals surface area contributed by atoms with Gasteiger partial charge in [-0.25, -0.2) is 9.78 Å². The Labute approximate surface area is 116 Å². The van der Waals surface area contributed by atoms with Gasteiger partial charge < -0.3 is 19.7 Å². The number of aromatic nitrogens is 2. The molecule has 20 heavy (non-hydrogen) atoms. The van der Waals surface area contributed by atoms with E-state index in [9.17, 15) is 9.59 Å². The van der Waals surface area contributed by atoms with Crippen LogP contribution in [0.5, 0.6) is 0 Å². The fraction of sp³-hybridized carbons (Fsp3) is 0.615. The molecule has 0 spiro atoms. The third kappa shape index (κ3) is 4.06. The first-order valence-corrected chi connectivity index (χ1v) is 6.78. The number of carboxylic acids is 1. The summed E-state index contributed by atoms with van der Waals surface area (Å²) in [5.74, 6) is -1.21. The lowest BCUT2D eigenvalue weighted by Crippen LogP contribution is -2.36. The number of carbonyl (C=O) groups excluding carboxylic acids is 1. The van der Waals surface area contributed by atoms with Gasteiger partial charge in [-0.1, -0.05) is 0 Å². The number of aliphatic carboxylic acids is 1. The molecular weight excluding hydrogens is 262 g/mol. The first-order chi connectivity index (χ1) is 9.66. The molecule has 2 heterocycles. The van der Waals surface area contributed by atoms with Gasteiger partial charge in [0.15, 0.2) is 6.10 Å². The van der Waals surface area contributed by atoms with Crippen molar-refractivity contribution in [2.24, 2.45) is 0 Å². The fourth-order valence-electron chi connectivity index (χ4n) is 2.18. The van der Waals surface area contributed by atoms with Gasteiger partial charge in [0.25, 0.3) is 0 Å². The monoisotopic (exact) mass is 281 g/mol. The van der Waals surface area contributed by atoms with Gasteiger partial charge in [-0.15, -0.1) is 0 Å². The van der Waals surface area contributed by atoms with Crippen LogP contribution in [0.4, 0.5) is 0 Å². The van der Waals surface area contributed by atoms with E-state index in [0.29, 0.717) is 19.4 Å². The molecule has 0 radical (unpaired) electrons. The summed E-state index contributed by atoms with van der Waals surface area (Å²) in [7, 11) is 0. The molecule has 2 N–H and O–H groups in total. The lowest BCUT2D eigenvalue weighted by atomic mass is 10.2. The molecule has 2 rings (SSSR count). The molecule has 1 aromatic rings. The molecule has 0 aromatic carbocycles. The Balaban J connectivity index is 1.57. The molecule has 7 nitrogen and oxygen atoms in total. The Kier molecular flexibility index (Phi) is 5.11. The molecule has 1 aliphatic heterocycles. The zero-order chi connectivity index (χ0) is 14.4. The second-order valence-corrected chi connectivity index (χ2v) is 4.83. The summed E-state index contributed by atoms with van der Waals surface area (Å²) in [4.78, 5) is 26.4. The van der Waals surface area contributed by atoms with Crippen LogP contribution in [-0.2, 0) is 20.9 Å². The molecular formula is C13H19N3O4. The third-order valence-corrected chi connectivity index (χ3v) is 3.29. The number of nitrogens with one attached hydrogen (secondary N) is 1. The molecule has 1 aliphatic rings. The van der Waals surface area contributed by atoms with Crippen LogP contribution in [0.15, 0.2) is 18.7 Å². The molecule has 7 heteroatoms. The van der Waals surface area contributed by atoms with Crippen LogP contribution in [-0.4, -0.2) is 45.3 Å². The minimum atomic E-state index is -0.999. The minimum Gasteiger partial charge on any atom is -0.479 e. The van der Waals surface area contributed by atoms with Gasteiger partial charge in [0, 0.05) is 25.5 Å². The van der Waals surface area contributed by atoms with Gasteiger partial charge in [-0.2, -0.15) is 0 Å². The molecule has 1 fully saturated rings. The highest BCUT2D eigenvalue weighted by atomic mass is 16.5. The molecule has 1 saturated heterocycles. The SMILES string of the molecule is O=C(O)C1CCC(C(=O)NCCCCn2ccnc2)O1. The molecule has 0 bridgehead atoms. The second kappa shape index (κ2) is 7.04. The summed E-state index contributed by atoms with van der Waals surface area (Å²) < 4.78 is 7.16. The Bertz CT molecular complexity index is 446. The van der Waals surface area contributed by atoms with Crippen molar-refractivity contribution in [3.63, 3.8) is 0 Å². The van der Waals surface area contributed by atoms with E-state index in [4.69, 9.17) is 9.84 Å². The maximum absolute atomic E-state index is 11.8. The number of unbranched alkanes of at least 4 members (excludes halogenated alkanes) is 1. The van der Waals surface area contributed by atoms with E-state index in [-0.39, 0.29) is 5.91 Å². The van der Waals surface area contributed by atoms with Gasteiger partial charge in [0.1, 0.15) is 6.10 Å². The van der Waals surface area contributed by atoms with Crippen molar-refractivity contribution in [3.05, 3.63) is 18.7 Å². The van der Waals surface area contributed by atoms with Crippen molar-refractivity contribution in [1.29, 1.82) is 0 Å². The zero-order valence-electron chi connectivity index (χ0n) is 11.2. The van der Waals surface area contributed by atoms with Crippen LogP contribution in [0.3, 0.4) is 0 Å². The number of carboxylic acid groups (broad SMARTS) is 1. The summed E-state index contributed by atoms with van der Waals surface area (Å²) in [6.45, 7) is 1.45. The van der Waals surface area contributed by atoms with Crippen molar-refractivity contribution in [2.45, 2.75) is 44.4 Å². The van der Waals surface area contributed by atoms with Gasteiger partial charge in [-0.05, 0) is 25.7 Å². The molecule has 1 aromatic heterocycles. The number of rotatable bonds is 7. The summed E-state index contributed by atoms with van der Waals surface area (Å²) >= 11 is 0. The number of imidazole rings is 1. The normalized spacial score (nSPS) is 21.8. The standard InChI is InChI=1S/C13H19N3O4/c17-12(10-3-4-11(20-10)13(18)19)15-5-1-2-7-16-8-6-14-9-16/h6,8-11H,1-5,7H2,(H,15,17)(H,18,19). The maximum Gasteiger partial charge on any atom is 0.332 e. The van der Waals surface area contributed by atoms with Crippen LogP contribution in [0.25, 0.3) is 0 Å². The molecule has 1 amide bonds. The van der Waals surface area contributed by atoms with Crippen molar-refractivity contribution in [3.8, 4) is 0 Å². The first-order valence-electron chi connectivity index (χ1n) is 6.78. The highest BCUT2D eigenvalue weighted by Crippen LogP contribution is 2.19. The average molecular weight is 281 g/mol. The van der Waals surface area contributed by atoms with E-state index in [1.165, 1.54) is 0 Å². The average Bonchev–Trinajstić information content (AvgIpc) is 3.09. The number of ether oxygens (including phenoxy) is 1. The smallest absolute Gasteiger partial charge is 0.332 e. The summed E-state index contributed by atoms with van der Waals surface area (Å²) in [5, 5.41) is 11.6. The summed E-state index contributed by atoms with van der Waals surface area (Å²) in [6, 6.07) is 0. The van der Waals surface area contributed by atoms with E-state index in [2.05, 4.69) is 10.3 Å². The van der Waals surface area contributed by atoms with Gasteiger partial charge in [0.2, 0.25) is 5.91 Å². The summed E-state index contributed by atoms with van der Waals surface area (Å²) in [5.41, 5.74) is 0. The first kappa shape index (κ1) is 14.5. The van der Waals surface area contributed by atoms with Crippen molar-refractivity contribution >= 4 is 11.9 Å². The quantitative estimate of drug-likeness (QED) is 0.706. The van der Waals surface area contributed by atoms with E-state index in [1.54, 1.807) is 12.5 Å². The lowest BCUT2D eigenvalue weighted by Gasteiger charge is -2.11. The Morgan fingerprint density at radius 2 is 2.15 bits per heavy atom. The van der Waals surface area contributed by atoms with E-state index in [0.717, 1.165) is 19.4 Å². The van der Waals surface area contributed by atoms with Gasteiger partial charge in [-0.3, -0.25) is 4.79 Å². The largest absolute Gasteiger partial charge is 0.479 e. The van der Waals surface area contributed by atoms with Crippen LogP contribution >= 0.6 is 0 Å². The molecule has 2 unspecified atom stereocenters. The number of aryl methyl sites for hydroxylation is 1. The van der Waals surface area contributed by atoms with E-state index in [1.807, 2.05) is 10.8 Å². The number of carbonyl (C=O) groups is 2. The summed E-state index contributed by atoms with van der Waals surface area (Å²) in [6.07, 6.45) is 6.60. The van der Waals surface area contributed by atoms with Crippen LogP contribution < -0.4 is 5.32 Å². The van der Waals surface area contributed by atoms with Gasteiger partial charge >= 0.3 is 5.97 Å². The minimum absolute atomic E-state index is 0.212. The van der Waals surface area contributed by atoms with E-state index >= 15 is 0 Å². The number of amides is 1. The topological polar surface area (TPSA) is 93.4 Å². The van der Waals surface area contributed by atoms with Crippen molar-refractivity contribution in [2.75, 3.05) is 6.54 Å². The lowest BCUT2D eigenvalue weighted by molar-refractivity contribution is -0.151. The van der Waals surface area contributed by atoms with Crippen LogP contribution in [0.1, 0.15) is 25.7 Å². The highest BCUT2D eigenvalue weighted by Gasteiger charge is 2.34. The van der Waals surface area contributed by atoms with Crippen molar-refractivity contribution < 1.29 is 19.4 Å². The predicted molar refractivity (Wildman–Crippen MR) is 70.0 cm³/mol. The maximum atomic E-state index is 11.8.